The van der Waals surface area contributed by atoms with Gasteiger partial charge in [-0.3, -0.25) is 4.57 Å². The van der Waals surface area contributed by atoms with Crippen LogP contribution in [0.5, 0.6) is 0 Å². The average Bonchev–Trinajstić information content (AvgIpc) is 3.23. The van der Waals surface area contributed by atoms with Crippen LogP contribution in [0.3, 0.4) is 0 Å². The van der Waals surface area contributed by atoms with E-state index >= 15 is 0 Å². The fourth-order valence-corrected chi connectivity index (χ4v) is 4.53. The molecule has 0 spiro atoms. The minimum Gasteiger partial charge on any atom is -0.408 e. The van der Waals surface area contributed by atoms with Gasteiger partial charge in [-0.05, 0) is 43.2 Å². The number of thioether (sulfide) groups is 1. The molecule has 0 saturated carbocycles. The topological polar surface area (TPSA) is 73.0 Å². The highest BCUT2D eigenvalue weighted by atomic mass is 32.2. The van der Waals surface area contributed by atoms with Crippen LogP contribution < -0.4 is 11.1 Å². The molecule has 0 fully saturated rings. The van der Waals surface area contributed by atoms with Gasteiger partial charge in [0.25, 0.3) is 0 Å². The van der Waals surface area contributed by atoms with Crippen molar-refractivity contribution in [1.29, 1.82) is 0 Å². The second kappa shape index (κ2) is 7.58. The quantitative estimate of drug-likeness (QED) is 0.479. The molecule has 8 heteroatoms. The number of hydrogen-bond donors (Lipinski definition) is 1. The van der Waals surface area contributed by atoms with Crippen molar-refractivity contribution in [2.24, 2.45) is 0 Å². The molecule has 2 heterocycles. The number of nitrogens with one attached hydrogen (secondary N) is 1. The maximum atomic E-state index is 12.0. The Bertz CT molecular complexity index is 1150. The number of rotatable bonds is 6. The molecule has 4 rings (SSSR count). The number of oxazole rings is 1. The Kier molecular flexibility index (Phi) is 5.00. The van der Waals surface area contributed by atoms with Crippen LogP contribution in [0.15, 0.2) is 56.0 Å². The molecule has 0 radical (unpaired) electrons. The van der Waals surface area contributed by atoms with Gasteiger partial charge in [0.15, 0.2) is 9.92 Å². The van der Waals surface area contributed by atoms with E-state index in [2.05, 4.69) is 35.4 Å². The van der Waals surface area contributed by atoms with Crippen molar-refractivity contribution in [2.45, 2.75) is 24.7 Å². The smallest absolute Gasteiger partial charge is 0.408 e. The van der Waals surface area contributed by atoms with E-state index in [1.165, 1.54) is 22.5 Å². The number of anilines is 2. The van der Waals surface area contributed by atoms with E-state index in [-0.39, 0.29) is 5.76 Å². The fraction of sp³-hybridized carbons (Fsp3) is 0.211. The van der Waals surface area contributed by atoms with Gasteiger partial charge in [-0.2, -0.15) is 0 Å². The van der Waals surface area contributed by atoms with Gasteiger partial charge in [0.05, 0.1) is 5.52 Å². The Morgan fingerprint density at radius 3 is 2.89 bits per heavy atom. The zero-order valence-electron chi connectivity index (χ0n) is 14.9. The van der Waals surface area contributed by atoms with Crippen LogP contribution in [0.25, 0.3) is 11.1 Å². The lowest BCUT2D eigenvalue weighted by Gasteiger charge is -2.08. The first-order valence-corrected chi connectivity index (χ1v) is 10.3. The minimum absolute atomic E-state index is 0.327. The van der Waals surface area contributed by atoms with Crippen molar-refractivity contribution < 1.29 is 4.42 Å². The molecule has 0 aliphatic heterocycles. The second-order valence-corrected chi connectivity index (χ2v) is 8.40. The van der Waals surface area contributed by atoms with Gasteiger partial charge in [0.2, 0.25) is 5.13 Å². The highest BCUT2D eigenvalue weighted by Crippen LogP contribution is 2.29. The van der Waals surface area contributed by atoms with Crippen molar-refractivity contribution in [2.75, 3.05) is 11.1 Å². The first kappa shape index (κ1) is 17.8. The maximum Gasteiger partial charge on any atom is 0.419 e. The zero-order chi connectivity index (χ0) is 18.8. The molecule has 27 heavy (non-hydrogen) atoms. The predicted molar refractivity (Wildman–Crippen MR) is 110 cm³/mol. The van der Waals surface area contributed by atoms with E-state index in [1.807, 2.05) is 30.3 Å². The third-order valence-corrected chi connectivity index (χ3v) is 6.32. The van der Waals surface area contributed by atoms with Crippen molar-refractivity contribution in [1.82, 2.24) is 14.8 Å². The molecule has 0 aliphatic rings. The maximum absolute atomic E-state index is 12.0. The molecule has 4 aromatic rings. The van der Waals surface area contributed by atoms with E-state index in [0.717, 1.165) is 20.7 Å². The number of benzene rings is 2. The number of para-hydroxylation sites is 2. The van der Waals surface area contributed by atoms with Gasteiger partial charge >= 0.3 is 5.76 Å². The molecule has 2 aromatic heterocycles. The SMILES string of the molecule is Cc1cccc(Nc2nnc(SCCn3c(=O)oc4ccccc43)s2)c1C. The van der Waals surface area contributed by atoms with Crippen LogP contribution in [0.1, 0.15) is 11.1 Å². The molecule has 0 bridgehead atoms. The molecule has 0 amide bonds. The third kappa shape index (κ3) is 3.77. The van der Waals surface area contributed by atoms with E-state index in [9.17, 15) is 4.79 Å². The summed E-state index contributed by atoms with van der Waals surface area (Å²) in [6.45, 7) is 4.73. The molecule has 0 unspecified atom stereocenters. The van der Waals surface area contributed by atoms with Crippen molar-refractivity contribution in [3.05, 3.63) is 64.1 Å². The Morgan fingerprint density at radius 2 is 2.00 bits per heavy atom. The van der Waals surface area contributed by atoms with E-state index < -0.39 is 0 Å². The lowest BCUT2D eigenvalue weighted by molar-refractivity contribution is 0.514. The summed E-state index contributed by atoms with van der Waals surface area (Å²) < 4.78 is 7.77. The molecular weight excluding hydrogens is 380 g/mol. The molecule has 2 aromatic carbocycles. The van der Waals surface area contributed by atoms with Crippen LogP contribution in [0, 0.1) is 13.8 Å². The number of fused-ring (bicyclic) bond motifs is 1. The molecule has 1 N–H and O–H groups in total. The van der Waals surface area contributed by atoms with Gasteiger partial charge in [-0.1, -0.05) is 47.4 Å². The summed E-state index contributed by atoms with van der Waals surface area (Å²) in [5.74, 6) is 0.382. The van der Waals surface area contributed by atoms with Crippen LogP contribution >= 0.6 is 23.1 Å². The summed E-state index contributed by atoms with van der Waals surface area (Å²) in [5.41, 5.74) is 4.91. The first-order chi connectivity index (χ1) is 13.1. The van der Waals surface area contributed by atoms with Crippen molar-refractivity contribution in [3.8, 4) is 0 Å². The van der Waals surface area contributed by atoms with E-state index in [1.54, 1.807) is 22.4 Å². The summed E-state index contributed by atoms with van der Waals surface area (Å²) in [6.07, 6.45) is 0. The predicted octanol–water partition coefficient (Wildman–Crippen LogP) is 4.60. The third-order valence-electron chi connectivity index (χ3n) is 4.37. The highest BCUT2D eigenvalue weighted by molar-refractivity contribution is 8.01. The zero-order valence-corrected chi connectivity index (χ0v) is 16.6. The Morgan fingerprint density at radius 1 is 1.15 bits per heavy atom. The van der Waals surface area contributed by atoms with Gasteiger partial charge in [-0.15, -0.1) is 10.2 Å². The summed E-state index contributed by atoms with van der Waals surface area (Å²) >= 11 is 3.08. The van der Waals surface area contributed by atoms with Gasteiger partial charge in [0.1, 0.15) is 0 Å². The standard InChI is InChI=1S/C19H18N4O2S2/c1-12-6-5-7-14(13(12)2)20-17-21-22-18(27-17)26-11-10-23-15-8-3-4-9-16(15)25-19(23)24/h3-9H,10-11H2,1-2H3,(H,20,21). The molecule has 138 valence electrons. The average molecular weight is 399 g/mol. The minimum atomic E-state index is -0.327. The molecule has 6 nitrogen and oxygen atoms in total. The van der Waals surface area contributed by atoms with E-state index in [4.69, 9.17) is 4.42 Å². The Balaban J connectivity index is 1.40. The lowest BCUT2D eigenvalue weighted by atomic mass is 10.1. The molecular formula is C19H18N4O2S2. The normalized spacial score (nSPS) is 11.2. The number of hydrogen-bond acceptors (Lipinski definition) is 7. The summed E-state index contributed by atoms with van der Waals surface area (Å²) in [6, 6.07) is 13.6. The number of aromatic nitrogens is 3. The monoisotopic (exact) mass is 398 g/mol. The Labute approximate surface area is 164 Å². The van der Waals surface area contributed by atoms with Crippen LogP contribution in [-0.4, -0.2) is 20.5 Å². The van der Waals surface area contributed by atoms with Gasteiger partial charge in [-0.25, -0.2) is 4.79 Å². The van der Waals surface area contributed by atoms with E-state index in [0.29, 0.717) is 17.9 Å². The molecule has 0 atom stereocenters. The van der Waals surface area contributed by atoms with Crippen LogP contribution in [-0.2, 0) is 6.54 Å². The molecule has 0 saturated heterocycles. The number of aryl methyl sites for hydroxylation is 2. The second-order valence-electron chi connectivity index (χ2n) is 6.08. The first-order valence-electron chi connectivity index (χ1n) is 8.50. The van der Waals surface area contributed by atoms with Crippen LogP contribution in [0.4, 0.5) is 10.8 Å². The number of nitrogens with zero attached hydrogens (tertiary/aromatic N) is 3. The summed E-state index contributed by atoms with van der Waals surface area (Å²) in [7, 11) is 0. The molecule has 0 aliphatic carbocycles. The van der Waals surface area contributed by atoms with Crippen molar-refractivity contribution in [3.63, 3.8) is 0 Å². The summed E-state index contributed by atoms with van der Waals surface area (Å²) in [5, 5.41) is 12.5. The van der Waals surface area contributed by atoms with Crippen LogP contribution in [0.2, 0.25) is 0 Å². The fourth-order valence-electron chi connectivity index (χ4n) is 2.77. The summed E-state index contributed by atoms with van der Waals surface area (Å²) in [4.78, 5) is 12.0. The van der Waals surface area contributed by atoms with Gasteiger partial charge in [0, 0.05) is 18.0 Å². The highest BCUT2D eigenvalue weighted by Gasteiger charge is 2.10. The lowest BCUT2D eigenvalue weighted by Crippen LogP contribution is -2.15. The van der Waals surface area contributed by atoms with Crippen molar-refractivity contribution >= 4 is 45.0 Å². The van der Waals surface area contributed by atoms with Gasteiger partial charge < -0.3 is 9.73 Å². The Hall–Kier alpha value is -2.58. The largest absolute Gasteiger partial charge is 0.419 e.